The Kier molecular flexibility index (Phi) is 17.6. The van der Waals surface area contributed by atoms with Crippen molar-refractivity contribution in [1.82, 2.24) is 0 Å². The first-order chi connectivity index (χ1) is 10.7. The molecule has 0 bridgehead atoms. The van der Waals surface area contributed by atoms with E-state index in [0.717, 1.165) is 0 Å². The summed E-state index contributed by atoms with van der Waals surface area (Å²) in [5.74, 6) is 0. The average molecular weight is 375 g/mol. The molecule has 0 heterocycles. The van der Waals surface area contributed by atoms with Gasteiger partial charge < -0.3 is 30.1 Å². The first-order valence-electron chi connectivity index (χ1n) is 9.56. The number of hydrogen-bond acceptors (Lipinski definition) is 0. The van der Waals surface area contributed by atoms with Gasteiger partial charge in [-0.25, -0.2) is 0 Å². The summed E-state index contributed by atoms with van der Waals surface area (Å²) in [6.07, 6.45) is 14.2. The van der Waals surface area contributed by atoms with E-state index in [1.807, 2.05) is 0 Å². The van der Waals surface area contributed by atoms with Gasteiger partial charge in [-0.1, -0.05) is 88.6 Å². The largest absolute Gasteiger partial charge is 1.00 e. The Balaban J connectivity index is 0. The van der Waals surface area contributed by atoms with Crippen LogP contribution in [0.1, 0.15) is 90.5 Å². The predicted molar refractivity (Wildman–Crippen MR) is 98.1 cm³/mol. The highest BCUT2D eigenvalue weighted by molar-refractivity contribution is 5.19. The number of quaternary nitrogens is 1. The van der Waals surface area contributed by atoms with Gasteiger partial charge in [-0.05, 0) is 26.7 Å². The van der Waals surface area contributed by atoms with Gasteiger partial charge in [0.15, 0.2) is 0 Å². The van der Waals surface area contributed by atoms with Crippen molar-refractivity contribution in [2.24, 2.45) is 0 Å². The highest BCUT2D eigenvalue weighted by Crippen LogP contribution is 2.14. The van der Waals surface area contributed by atoms with Crippen LogP contribution in [0.15, 0.2) is 30.3 Å². The molecule has 24 heavy (non-hydrogen) atoms. The molecule has 1 rings (SSSR count). The molecule has 1 aromatic rings. The molecule has 1 nitrogen and oxygen atoms in total. The molecule has 0 saturated carbocycles. The lowest BCUT2D eigenvalue weighted by Crippen LogP contribution is -3.00. The lowest BCUT2D eigenvalue weighted by molar-refractivity contribution is -0.729. The smallest absolute Gasteiger partial charge is 0.116 e. The minimum atomic E-state index is 0. The molecule has 0 atom stereocenters. The van der Waals surface area contributed by atoms with Crippen LogP contribution in [0.2, 0.25) is 0 Å². The molecular weight excluding hydrogens is 337 g/mol. The number of rotatable bonds is 13. The highest BCUT2D eigenvalue weighted by Gasteiger charge is 2.22. The van der Waals surface area contributed by atoms with Crippen LogP contribution in [-0.4, -0.2) is 6.54 Å². The van der Waals surface area contributed by atoms with Gasteiger partial charge in [-0.2, -0.15) is 0 Å². The topological polar surface area (TPSA) is 16.6 Å². The van der Waals surface area contributed by atoms with E-state index >= 15 is 0 Å². The third kappa shape index (κ3) is 12.2. The lowest BCUT2D eigenvalue weighted by Gasteiger charge is -2.23. The maximum Gasteiger partial charge on any atom is 0.116 e. The molecule has 0 aromatic heterocycles. The first-order valence-corrected chi connectivity index (χ1v) is 9.56. The third-order valence-corrected chi connectivity index (χ3v) is 4.73. The Labute approximate surface area is 163 Å². The predicted octanol–water partition coefficient (Wildman–Crippen LogP) is -0.586. The summed E-state index contributed by atoms with van der Waals surface area (Å²) >= 11 is 0. The molecule has 0 aliphatic rings. The Morgan fingerprint density at radius 1 is 0.708 bits per heavy atom. The second-order valence-electron chi connectivity index (χ2n) is 7.26. The van der Waals surface area contributed by atoms with E-state index in [4.69, 9.17) is 0 Å². The third-order valence-electron chi connectivity index (χ3n) is 4.73. The minimum Gasteiger partial charge on any atom is -1.00 e. The molecule has 0 amide bonds. The number of nitrogens with two attached hydrogens (primary N) is 1. The molecule has 1 aromatic carbocycles. The van der Waals surface area contributed by atoms with Gasteiger partial charge in [0.25, 0.3) is 0 Å². The van der Waals surface area contributed by atoms with Gasteiger partial charge >= 0.3 is 0 Å². The Hall–Kier alpha value is -0.240. The lowest BCUT2D eigenvalue weighted by atomic mass is 9.94. The van der Waals surface area contributed by atoms with Gasteiger partial charge in [0.05, 0.1) is 6.54 Å². The zero-order valence-corrected chi connectivity index (χ0v) is 17.5. The highest BCUT2D eigenvalue weighted by atomic mass is 35.5. The van der Waals surface area contributed by atoms with Gasteiger partial charge in [0, 0.05) is 5.56 Å². The van der Waals surface area contributed by atoms with Crippen molar-refractivity contribution in [3.8, 4) is 0 Å². The molecular formula is C21H38Cl2N-. The molecule has 3 heteroatoms. The average Bonchev–Trinajstić information content (AvgIpc) is 2.53. The summed E-state index contributed by atoms with van der Waals surface area (Å²) in [6.45, 7) is 8.20. The van der Waals surface area contributed by atoms with Crippen molar-refractivity contribution >= 4 is 0 Å². The molecule has 0 fully saturated rings. The van der Waals surface area contributed by atoms with Crippen LogP contribution < -0.4 is 30.1 Å². The zero-order chi connectivity index (χ0) is 16.1. The zero-order valence-electron chi connectivity index (χ0n) is 16.0. The number of benzene rings is 1. The minimum absolute atomic E-state index is 0. The van der Waals surface area contributed by atoms with E-state index in [-0.39, 0.29) is 30.4 Å². The van der Waals surface area contributed by atoms with Crippen LogP contribution in [0, 0.1) is 0 Å². The summed E-state index contributed by atoms with van der Waals surface area (Å²) < 4.78 is 0. The van der Waals surface area contributed by atoms with Crippen molar-refractivity contribution in [3.63, 3.8) is 0 Å². The van der Waals surface area contributed by atoms with Crippen molar-refractivity contribution in [3.05, 3.63) is 35.9 Å². The van der Waals surface area contributed by atoms with E-state index in [9.17, 15) is 0 Å². The summed E-state index contributed by atoms with van der Waals surface area (Å²) in [5.41, 5.74) is 1.64. The van der Waals surface area contributed by atoms with E-state index in [1.54, 1.807) is 0 Å². The number of halogens is 2. The second kappa shape index (κ2) is 16.2. The molecule has 2 N–H and O–H groups in total. The quantitative estimate of drug-likeness (QED) is 0.444. The monoisotopic (exact) mass is 374 g/mol. The van der Waals surface area contributed by atoms with E-state index in [0.29, 0.717) is 0 Å². The van der Waals surface area contributed by atoms with Crippen LogP contribution in [-0.2, 0) is 5.54 Å². The van der Waals surface area contributed by atoms with Crippen LogP contribution in [0.25, 0.3) is 0 Å². The first kappa shape index (κ1) is 26.0. The van der Waals surface area contributed by atoms with Gasteiger partial charge in [0.1, 0.15) is 5.54 Å². The SMILES string of the molecule is CCCCCCCCCCCC[NH2+]C(C)(C)c1ccccc1.[Cl-].[Cl-]. The van der Waals surface area contributed by atoms with Crippen molar-refractivity contribution in [1.29, 1.82) is 0 Å². The van der Waals surface area contributed by atoms with Crippen LogP contribution >= 0.6 is 0 Å². The molecule has 0 saturated heterocycles. The normalized spacial score (nSPS) is 10.8. The van der Waals surface area contributed by atoms with Crippen LogP contribution in [0.3, 0.4) is 0 Å². The van der Waals surface area contributed by atoms with Crippen LogP contribution in [0.5, 0.6) is 0 Å². The fourth-order valence-corrected chi connectivity index (χ4v) is 3.08. The van der Waals surface area contributed by atoms with Crippen molar-refractivity contribution in [2.45, 2.75) is 90.5 Å². The fraction of sp³-hybridized carbons (Fsp3) is 0.714. The Morgan fingerprint density at radius 2 is 1.17 bits per heavy atom. The fourth-order valence-electron chi connectivity index (χ4n) is 3.08. The van der Waals surface area contributed by atoms with Gasteiger partial charge in [-0.3, -0.25) is 0 Å². The van der Waals surface area contributed by atoms with E-state index in [1.165, 1.54) is 76.3 Å². The summed E-state index contributed by atoms with van der Waals surface area (Å²) in [5, 5.41) is 2.51. The van der Waals surface area contributed by atoms with Crippen molar-refractivity contribution in [2.75, 3.05) is 6.54 Å². The van der Waals surface area contributed by atoms with Crippen LogP contribution in [0.4, 0.5) is 0 Å². The summed E-state index contributed by atoms with van der Waals surface area (Å²) in [6, 6.07) is 10.9. The summed E-state index contributed by atoms with van der Waals surface area (Å²) in [4.78, 5) is 0. The van der Waals surface area contributed by atoms with E-state index in [2.05, 4.69) is 56.4 Å². The van der Waals surface area contributed by atoms with E-state index < -0.39 is 0 Å². The standard InChI is InChI=1S/C21H37N.2ClH/c1-4-5-6-7-8-9-10-11-12-16-19-22-21(2,3)20-17-14-13-15-18-20;;/h13-15,17-18,22H,4-12,16,19H2,1-3H3;2*1H/p-1. The molecule has 0 unspecified atom stereocenters. The van der Waals surface area contributed by atoms with Gasteiger partial charge in [0.2, 0.25) is 0 Å². The molecule has 0 aliphatic carbocycles. The van der Waals surface area contributed by atoms with Crippen molar-refractivity contribution < 1.29 is 30.1 Å². The Bertz CT molecular complexity index is 365. The second-order valence-corrected chi connectivity index (χ2v) is 7.26. The van der Waals surface area contributed by atoms with Gasteiger partial charge in [-0.15, -0.1) is 0 Å². The Morgan fingerprint density at radius 3 is 1.67 bits per heavy atom. The maximum atomic E-state index is 2.51. The molecule has 142 valence electrons. The molecule has 0 spiro atoms. The number of hydrogen-bond donors (Lipinski definition) is 1. The summed E-state index contributed by atoms with van der Waals surface area (Å²) in [7, 11) is 0. The number of unbranched alkanes of at least 4 members (excludes halogenated alkanes) is 9. The molecule has 0 aliphatic heterocycles. The molecule has 0 radical (unpaired) electrons. The maximum absolute atomic E-state index is 2.51.